The molecule has 17 heavy (non-hydrogen) atoms. The quantitative estimate of drug-likeness (QED) is 0.606. The van der Waals surface area contributed by atoms with Gasteiger partial charge in [0.15, 0.2) is 0 Å². The van der Waals surface area contributed by atoms with E-state index in [0.717, 1.165) is 24.3 Å². The lowest BCUT2D eigenvalue weighted by Crippen LogP contribution is -2.40. The maximum absolute atomic E-state index is 11.4. The van der Waals surface area contributed by atoms with E-state index in [1.54, 1.807) is 0 Å². The Balaban J connectivity index is 2.61. The molecule has 1 saturated heterocycles. The van der Waals surface area contributed by atoms with Crippen molar-refractivity contribution >= 4 is 23.7 Å². The SMILES string of the molecule is CCC1CSCC(CC)C1OC(=O)CC(=O)O. The number of hydrogen-bond donors (Lipinski definition) is 1. The number of hydrogen-bond acceptors (Lipinski definition) is 4. The molecule has 1 heterocycles. The fourth-order valence-corrected chi connectivity index (χ4v) is 3.75. The van der Waals surface area contributed by atoms with Crippen molar-refractivity contribution in [2.75, 3.05) is 11.5 Å². The summed E-state index contributed by atoms with van der Waals surface area (Å²) in [4.78, 5) is 21.9. The molecule has 1 aliphatic rings. The maximum Gasteiger partial charge on any atom is 0.317 e. The van der Waals surface area contributed by atoms with Gasteiger partial charge in [0.2, 0.25) is 0 Å². The van der Waals surface area contributed by atoms with Gasteiger partial charge in [0, 0.05) is 11.8 Å². The largest absolute Gasteiger partial charge is 0.481 e. The second-order valence-electron chi connectivity index (χ2n) is 4.40. The van der Waals surface area contributed by atoms with Gasteiger partial charge in [-0.15, -0.1) is 0 Å². The summed E-state index contributed by atoms with van der Waals surface area (Å²) >= 11 is 1.90. The maximum atomic E-state index is 11.4. The number of carboxylic acid groups (broad SMARTS) is 1. The Morgan fingerprint density at radius 3 is 2.18 bits per heavy atom. The molecule has 0 amide bonds. The summed E-state index contributed by atoms with van der Waals surface area (Å²) in [6.07, 6.45) is 1.30. The molecule has 4 nitrogen and oxygen atoms in total. The fraction of sp³-hybridized carbons (Fsp3) is 0.833. The fourth-order valence-electron chi connectivity index (χ4n) is 2.16. The molecule has 2 atom stereocenters. The van der Waals surface area contributed by atoms with E-state index in [2.05, 4.69) is 13.8 Å². The minimum atomic E-state index is -1.12. The molecule has 5 heteroatoms. The van der Waals surface area contributed by atoms with Crippen LogP contribution in [-0.4, -0.2) is 34.7 Å². The lowest BCUT2D eigenvalue weighted by molar-refractivity contribution is -0.159. The van der Waals surface area contributed by atoms with Gasteiger partial charge in [0.05, 0.1) is 0 Å². The molecule has 1 aliphatic heterocycles. The second kappa shape index (κ2) is 6.89. The Kier molecular flexibility index (Phi) is 5.82. The molecule has 0 spiro atoms. The van der Waals surface area contributed by atoms with Crippen molar-refractivity contribution in [3.05, 3.63) is 0 Å². The Morgan fingerprint density at radius 2 is 1.76 bits per heavy atom. The second-order valence-corrected chi connectivity index (χ2v) is 5.47. The Hall–Kier alpha value is -0.710. The molecule has 0 radical (unpaired) electrons. The van der Waals surface area contributed by atoms with Gasteiger partial charge in [-0.05, 0) is 24.3 Å². The molecule has 1 rings (SSSR count). The third-order valence-corrected chi connectivity index (χ3v) is 4.53. The van der Waals surface area contributed by atoms with Crippen LogP contribution in [0, 0.1) is 11.8 Å². The molecule has 0 bridgehead atoms. The minimum Gasteiger partial charge on any atom is -0.481 e. The molecule has 1 N–H and O–H groups in total. The Morgan fingerprint density at radius 1 is 1.24 bits per heavy atom. The van der Waals surface area contributed by atoms with E-state index < -0.39 is 18.4 Å². The summed E-state index contributed by atoms with van der Waals surface area (Å²) in [7, 11) is 0. The van der Waals surface area contributed by atoms with E-state index in [-0.39, 0.29) is 6.10 Å². The van der Waals surface area contributed by atoms with Crippen LogP contribution in [0.25, 0.3) is 0 Å². The summed E-state index contributed by atoms with van der Waals surface area (Å²) in [5.41, 5.74) is 0. The van der Waals surface area contributed by atoms with Gasteiger partial charge in [-0.1, -0.05) is 13.8 Å². The highest BCUT2D eigenvalue weighted by atomic mass is 32.2. The monoisotopic (exact) mass is 260 g/mol. The highest BCUT2D eigenvalue weighted by Crippen LogP contribution is 2.34. The number of carbonyl (C=O) groups excluding carboxylic acids is 1. The van der Waals surface area contributed by atoms with Gasteiger partial charge in [-0.2, -0.15) is 11.8 Å². The molecule has 0 aromatic rings. The normalized spacial score (nSPS) is 28.7. The predicted molar refractivity (Wildman–Crippen MR) is 67.0 cm³/mol. The smallest absolute Gasteiger partial charge is 0.317 e. The molecular weight excluding hydrogens is 240 g/mol. The molecule has 1 fully saturated rings. The third kappa shape index (κ3) is 4.22. The zero-order valence-electron chi connectivity index (χ0n) is 10.3. The first-order valence-corrected chi connectivity index (χ1v) is 7.22. The molecule has 0 aliphatic carbocycles. The number of ether oxygens (including phenoxy) is 1. The third-order valence-electron chi connectivity index (χ3n) is 3.20. The number of rotatable bonds is 5. The highest BCUT2D eigenvalue weighted by Gasteiger charge is 2.34. The van der Waals surface area contributed by atoms with Crippen molar-refractivity contribution < 1.29 is 19.4 Å². The van der Waals surface area contributed by atoms with E-state index in [1.165, 1.54) is 0 Å². The number of thioether (sulfide) groups is 1. The molecule has 0 aromatic carbocycles. The van der Waals surface area contributed by atoms with Crippen LogP contribution in [0.2, 0.25) is 0 Å². The zero-order valence-corrected chi connectivity index (χ0v) is 11.2. The van der Waals surface area contributed by atoms with Gasteiger partial charge >= 0.3 is 11.9 Å². The average Bonchev–Trinajstić information content (AvgIpc) is 2.28. The predicted octanol–water partition coefficient (Wildman–Crippen LogP) is 2.17. The molecule has 0 saturated carbocycles. The first-order chi connectivity index (χ1) is 8.08. The summed E-state index contributed by atoms with van der Waals surface area (Å²) in [6, 6.07) is 0. The zero-order chi connectivity index (χ0) is 12.8. The van der Waals surface area contributed by atoms with Crippen molar-refractivity contribution in [1.82, 2.24) is 0 Å². The summed E-state index contributed by atoms with van der Waals surface area (Å²) < 4.78 is 5.38. The van der Waals surface area contributed by atoms with E-state index in [9.17, 15) is 9.59 Å². The van der Waals surface area contributed by atoms with Crippen LogP contribution in [0.15, 0.2) is 0 Å². The van der Waals surface area contributed by atoms with Crippen LogP contribution in [0.4, 0.5) is 0 Å². The first-order valence-electron chi connectivity index (χ1n) is 6.07. The van der Waals surface area contributed by atoms with Crippen LogP contribution in [0.1, 0.15) is 33.1 Å². The Labute approximate surface area is 106 Å². The van der Waals surface area contributed by atoms with Crippen molar-refractivity contribution in [1.29, 1.82) is 0 Å². The van der Waals surface area contributed by atoms with E-state index in [4.69, 9.17) is 9.84 Å². The van der Waals surface area contributed by atoms with Crippen LogP contribution in [0.5, 0.6) is 0 Å². The van der Waals surface area contributed by atoms with Gasteiger partial charge in [-0.25, -0.2) is 0 Å². The van der Waals surface area contributed by atoms with E-state index in [1.807, 2.05) is 11.8 Å². The van der Waals surface area contributed by atoms with Crippen LogP contribution < -0.4 is 0 Å². The number of aliphatic carboxylic acids is 1. The number of carboxylic acids is 1. The van der Waals surface area contributed by atoms with Crippen LogP contribution in [-0.2, 0) is 14.3 Å². The summed E-state index contributed by atoms with van der Waals surface area (Å²) in [5, 5.41) is 8.55. The lowest BCUT2D eigenvalue weighted by Gasteiger charge is -2.36. The van der Waals surface area contributed by atoms with Crippen LogP contribution in [0.3, 0.4) is 0 Å². The number of carbonyl (C=O) groups is 2. The number of esters is 1. The topological polar surface area (TPSA) is 63.6 Å². The molecular formula is C12H20O4S. The van der Waals surface area contributed by atoms with Crippen molar-refractivity contribution in [2.24, 2.45) is 11.8 Å². The molecule has 98 valence electrons. The average molecular weight is 260 g/mol. The summed E-state index contributed by atoms with van der Waals surface area (Å²) in [6.45, 7) is 4.17. The lowest BCUT2D eigenvalue weighted by atomic mass is 9.89. The van der Waals surface area contributed by atoms with Gasteiger partial charge < -0.3 is 9.84 Å². The van der Waals surface area contributed by atoms with Crippen molar-refractivity contribution in [3.8, 4) is 0 Å². The first kappa shape index (κ1) is 14.4. The van der Waals surface area contributed by atoms with E-state index >= 15 is 0 Å². The van der Waals surface area contributed by atoms with Crippen molar-refractivity contribution in [3.63, 3.8) is 0 Å². The van der Waals surface area contributed by atoms with Gasteiger partial charge in [0.1, 0.15) is 12.5 Å². The van der Waals surface area contributed by atoms with Crippen LogP contribution >= 0.6 is 11.8 Å². The van der Waals surface area contributed by atoms with Gasteiger partial charge in [-0.3, -0.25) is 9.59 Å². The molecule has 2 unspecified atom stereocenters. The van der Waals surface area contributed by atoms with E-state index in [0.29, 0.717) is 11.8 Å². The van der Waals surface area contributed by atoms with Crippen molar-refractivity contribution in [2.45, 2.75) is 39.2 Å². The standard InChI is InChI=1S/C12H20O4S/c1-3-8-6-17-7-9(4-2)12(8)16-11(15)5-10(13)14/h8-9,12H,3-7H2,1-2H3,(H,13,14). The minimum absolute atomic E-state index is 0.0990. The molecule has 0 aromatic heterocycles. The summed E-state index contributed by atoms with van der Waals surface area (Å²) in [5.74, 6) is 0.983. The Bertz CT molecular complexity index is 268. The van der Waals surface area contributed by atoms with Gasteiger partial charge in [0.25, 0.3) is 0 Å². The highest BCUT2D eigenvalue weighted by molar-refractivity contribution is 7.99.